The Morgan fingerprint density at radius 2 is 1.93 bits per heavy atom. The van der Waals surface area contributed by atoms with Crippen LogP contribution in [0.25, 0.3) is 11.0 Å². The van der Waals surface area contributed by atoms with Crippen molar-refractivity contribution in [2.45, 2.75) is 19.9 Å². The van der Waals surface area contributed by atoms with Gasteiger partial charge < -0.3 is 15.6 Å². The number of pyridine rings is 3. The predicted octanol–water partition coefficient (Wildman–Crippen LogP) is 1.78. The zero-order chi connectivity index (χ0) is 18.8. The third kappa shape index (κ3) is 3.78. The fourth-order valence-electron chi connectivity index (χ4n) is 3.49. The van der Waals surface area contributed by atoms with Crippen LogP contribution in [0.5, 0.6) is 0 Å². The minimum absolute atomic E-state index is 0.0198. The van der Waals surface area contributed by atoms with Gasteiger partial charge in [-0.05, 0) is 36.2 Å². The number of nitrogens with two attached hydrogens (primary N) is 1. The van der Waals surface area contributed by atoms with Crippen LogP contribution < -0.4 is 16.2 Å². The summed E-state index contributed by atoms with van der Waals surface area (Å²) >= 11 is 0. The van der Waals surface area contributed by atoms with Gasteiger partial charge in [-0.25, -0.2) is 4.98 Å². The van der Waals surface area contributed by atoms with E-state index in [1.54, 1.807) is 6.20 Å². The summed E-state index contributed by atoms with van der Waals surface area (Å²) in [5, 5.41) is 0. The predicted molar refractivity (Wildman–Crippen MR) is 108 cm³/mol. The maximum Gasteiger partial charge on any atom is 0.251 e. The molecule has 0 unspecified atom stereocenters. The smallest absolute Gasteiger partial charge is 0.251 e. The molecule has 0 bridgehead atoms. The van der Waals surface area contributed by atoms with E-state index in [2.05, 4.69) is 24.8 Å². The Hall–Kier alpha value is -2.93. The molecule has 7 nitrogen and oxygen atoms in total. The van der Waals surface area contributed by atoms with E-state index in [1.807, 2.05) is 37.4 Å². The summed E-state index contributed by atoms with van der Waals surface area (Å²) < 4.78 is 0. The van der Waals surface area contributed by atoms with Gasteiger partial charge in [0, 0.05) is 44.5 Å². The van der Waals surface area contributed by atoms with Crippen molar-refractivity contribution in [3.8, 4) is 0 Å². The number of nitrogens with zero attached hydrogens (tertiary/aromatic N) is 4. The molecule has 0 spiro atoms. The lowest BCUT2D eigenvalue weighted by Gasteiger charge is -2.35. The highest BCUT2D eigenvalue weighted by atomic mass is 16.1. The molecule has 140 valence electrons. The minimum atomic E-state index is -0.0198. The number of hydrogen-bond acceptors (Lipinski definition) is 6. The average Bonchev–Trinajstić information content (AvgIpc) is 2.69. The Bertz CT molecular complexity index is 990. The summed E-state index contributed by atoms with van der Waals surface area (Å²) in [7, 11) is 0. The number of aromatic nitrogens is 3. The number of fused-ring (bicyclic) bond motifs is 1. The van der Waals surface area contributed by atoms with Crippen LogP contribution in [0.15, 0.2) is 41.5 Å². The molecule has 0 atom stereocenters. The van der Waals surface area contributed by atoms with Crippen molar-refractivity contribution in [2.24, 2.45) is 0 Å². The number of rotatable bonds is 4. The molecule has 0 saturated carbocycles. The summed E-state index contributed by atoms with van der Waals surface area (Å²) in [5.41, 5.74) is 9.91. The first-order valence-electron chi connectivity index (χ1n) is 9.32. The summed E-state index contributed by atoms with van der Waals surface area (Å²) in [6, 6.07) is 7.78. The Morgan fingerprint density at radius 3 is 2.63 bits per heavy atom. The van der Waals surface area contributed by atoms with Crippen molar-refractivity contribution in [3.63, 3.8) is 0 Å². The first-order valence-corrected chi connectivity index (χ1v) is 9.32. The summed E-state index contributed by atoms with van der Waals surface area (Å²) in [6.07, 6.45) is 4.32. The molecule has 1 fully saturated rings. The quantitative estimate of drug-likeness (QED) is 0.733. The van der Waals surface area contributed by atoms with E-state index < -0.39 is 0 Å². The van der Waals surface area contributed by atoms with Crippen molar-refractivity contribution in [1.82, 2.24) is 19.9 Å². The molecular weight excluding hydrogens is 340 g/mol. The number of aromatic amines is 1. The molecule has 0 aliphatic carbocycles. The summed E-state index contributed by atoms with van der Waals surface area (Å²) in [4.78, 5) is 28.6. The van der Waals surface area contributed by atoms with Gasteiger partial charge in [-0.2, -0.15) is 0 Å². The van der Waals surface area contributed by atoms with Gasteiger partial charge in [0.2, 0.25) is 0 Å². The number of hydrogen-bond donors (Lipinski definition) is 2. The average molecular weight is 364 g/mol. The van der Waals surface area contributed by atoms with E-state index >= 15 is 0 Å². The van der Waals surface area contributed by atoms with Gasteiger partial charge in [0.05, 0.1) is 22.9 Å². The topological polar surface area (TPSA) is 91.1 Å². The van der Waals surface area contributed by atoms with Crippen LogP contribution in [0, 0.1) is 0 Å². The molecule has 3 aromatic rings. The molecule has 27 heavy (non-hydrogen) atoms. The number of nitrogen functional groups attached to an aromatic ring is 1. The molecule has 3 N–H and O–H groups in total. The van der Waals surface area contributed by atoms with Crippen molar-refractivity contribution in [1.29, 1.82) is 0 Å². The van der Waals surface area contributed by atoms with Crippen LogP contribution in [-0.4, -0.2) is 46.0 Å². The molecule has 0 radical (unpaired) electrons. The Morgan fingerprint density at radius 1 is 1.11 bits per heavy atom. The Kier molecular flexibility index (Phi) is 4.77. The maximum atomic E-state index is 12.0. The standard InChI is InChI=1S/C20H24N6O/c1-2-15-10-17-18(24-20(15)27)9-14(11-22-17)13-25-5-7-26(8-6-25)19-4-3-16(21)12-23-19/h3-4,9-12H,2,5-8,13,21H2,1H3,(H,24,27). The highest BCUT2D eigenvalue weighted by Gasteiger charge is 2.18. The maximum absolute atomic E-state index is 12.0. The zero-order valence-electron chi connectivity index (χ0n) is 15.5. The normalized spacial score (nSPS) is 15.4. The fraction of sp³-hybridized carbons (Fsp3) is 0.350. The van der Waals surface area contributed by atoms with Gasteiger partial charge >= 0.3 is 0 Å². The molecule has 0 aromatic carbocycles. The fourth-order valence-corrected chi connectivity index (χ4v) is 3.49. The molecule has 1 aliphatic heterocycles. The molecule has 1 saturated heterocycles. The number of piperazine rings is 1. The number of aryl methyl sites for hydroxylation is 1. The highest BCUT2D eigenvalue weighted by molar-refractivity contribution is 5.74. The lowest BCUT2D eigenvalue weighted by atomic mass is 10.1. The van der Waals surface area contributed by atoms with Crippen molar-refractivity contribution < 1.29 is 0 Å². The van der Waals surface area contributed by atoms with E-state index in [1.165, 1.54) is 0 Å². The Balaban J connectivity index is 1.42. The largest absolute Gasteiger partial charge is 0.397 e. The van der Waals surface area contributed by atoms with E-state index in [0.717, 1.165) is 60.7 Å². The van der Waals surface area contributed by atoms with E-state index in [0.29, 0.717) is 12.1 Å². The van der Waals surface area contributed by atoms with Gasteiger partial charge in [-0.1, -0.05) is 6.92 Å². The first-order chi connectivity index (χ1) is 13.1. The van der Waals surface area contributed by atoms with Crippen molar-refractivity contribution >= 4 is 22.5 Å². The second kappa shape index (κ2) is 7.36. The van der Waals surface area contributed by atoms with E-state index in [4.69, 9.17) is 5.73 Å². The van der Waals surface area contributed by atoms with Gasteiger partial charge in [0.25, 0.3) is 5.56 Å². The summed E-state index contributed by atoms with van der Waals surface area (Å²) in [6.45, 7) is 6.56. The third-order valence-corrected chi connectivity index (χ3v) is 5.08. The lowest BCUT2D eigenvalue weighted by molar-refractivity contribution is 0.249. The lowest BCUT2D eigenvalue weighted by Crippen LogP contribution is -2.46. The highest BCUT2D eigenvalue weighted by Crippen LogP contribution is 2.17. The van der Waals surface area contributed by atoms with E-state index in [-0.39, 0.29) is 5.56 Å². The molecule has 7 heteroatoms. The van der Waals surface area contributed by atoms with Crippen LogP contribution >= 0.6 is 0 Å². The molecule has 3 aromatic heterocycles. The second-order valence-corrected chi connectivity index (χ2v) is 6.97. The summed E-state index contributed by atoms with van der Waals surface area (Å²) in [5.74, 6) is 0.973. The number of H-pyrrole nitrogens is 1. The molecule has 4 heterocycles. The van der Waals surface area contributed by atoms with E-state index in [9.17, 15) is 4.79 Å². The van der Waals surface area contributed by atoms with Crippen LogP contribution in [0.4, 0.5) is 11.5 Å². The van der Waals surface area contributed by atoms with Crippen LogP contribution in [0.2, 0.25) is 0 Å². The van der Waals surface area contributed by atoms with Crippen molar-refractivity contribution in [2.75, 3.05) is 36.8 Å². The van der Waals surface area contributed by atoms with Gasteiger partial charge in [-0.15, -0.1) is 0 Å². The monoisotopic (exact) mass is 364 g/mol. The molecule has 0 amide bonds. The zero-order valence-corrected chi connectivity index (χ0v) is 15.5. The first kappa shape index (κ1) is 17.5. The SMILES string of the molecule is CCc1cc2ncc(CN3CCN(c4ccc(N)cn4)CC3)cc2[nH]c1=O. The van der Waals surface area contributed by atoms with Crippen LogP contribution in [0.1, 0.15) is 18.1 Å². The van der Waals surface area contributed by atoms with Gasteiger partial charge in [0.1, 0.15) is 5.82 Å². The molecule has 4 rings (SSSR count). The van der Waals surface area contributed by atoms with Crippen LogP contribution in [0.3, 0.4) is 0 Å². The van der Waals surface area contributed by atoms with Crippen LogP contribution in [-0.2, 0) is 13.0 Å². The van der Waals surface area contributed by atoms with Crippen molar-refractivity contribution in [3.05, 3.63) is 58.1 Å². The Labute approximate surface area is 157 Å². The number of anilines is 2. The molecular formula is C20H24N6O. The minimum Gasteiger partial charge on any atom is -0.397 e. The second-order valence-electron chi connectivity index (χ2n) is 6.97. The van der Waals surface area contributed by atoms with Gasteiger partial charge in [0.15, 0.2) is 0 Å². The van der Waals surface area contributed by atoms with Gasteiger partial charge in [-0.3, -0.25) is 14.7 Å². The molecule has 1 aliphatic rings. The number of nitrogens with one attached hydrogen (secondary N) is 1. The third-order valence-electron chi connectivity index (χ3n) is 5.08.